The average molecular weight is 263 g/mol. The molecule has 2 rings (SSSR count). The molecule has 0 bridgehead atoms. The molecule has 0 saturated carbocycles. The maximum absolute atomic E-state index is 10.6. The van der Waals surface area contributed by atoms with E-state index in [4.69, 9.17) is 11.5 Å². The molecule has 0 atom stereocenters. The zero-order valence-electron chi connectivity index (χ0n) is 10.5. The van der Waals surface area contributed by atoms with Crippen molar-refractivity contribution in [2.45, 2.75) is 25.7 Å². The highest BCUT2D eigenvalue weighted by atomic mass is 16.1. The SMILES string of the molecule is NC(=O)CCCCCNc1nc(N)nc2nc[nH]c12. The summed E-state index contributed by atoms with van der Waals surface area (Å²) in [6.45, 7) is 0.739. The molecule has 0 saturated heterocycles. The van der Waals surface area contributed by atoms with Crippen LogP contribution < -0.4 is 16.8 Å². The number of fused-ring (bicyclic) bond motifs is 1. The molecule has 0 aromatic carbocycles. The summed E-state index contributed by atoms with van der Waals surface area (Å²) < 4.78 is 0. The number of hydrogen-bond donors (Lipinski definition) is 4. The smallest absolute Gasteiger partial charge is 0.224 e. The highest BCUT2D eigenvalue weighted by Gasteiger charge is 2.07. The predicted molar refractivity (Wildman–Crippen MR) is 72.2 cm³/mol. The third-order valence-electron chi connectivity index (χ3n) is 2.70. The Morgan fingerprint density at radius 1 is 1.32 bits per heavy atom. The number of nitrogens with one attached hydrogen (secondary N) is 2. The summed E-state index contributed by atoms with van der Waals surface area (Å²) in [5.74, 6) is 0.585. The molecule has 8 nitrogen and oxygen atoms in total. The quantitative estimate of drug-likeness (QED) is 0.533. The molecule has 0 unspecified atom stereocenters. The van der Waals surface area contributed by atoms with Gasteiger partial charge in [0.25, 0.3) is 0 Å². The van der Waals surface area contributed by atoms with Crippen LogP contribution in [0.25, 0.3) is 11.2 Å². The second-order valence-electron chi connectivity index (χ2n) is 4.24. The summed E-state index contributed by atoms with van der Waals surface area (Å²) >= 11 is 0. The molecule has 6 N–H and O–H groups in total. The predicted octanol–water partition coefficient (Wildman–Crippen LogP) is 0.393. The van der Waals surface area contributed by atoms with Gasteiger partial charge in [-0.15, -0.1) is 0 Å². The van der Waals surface area contributed by atoms with E-state index in [1.807, 2.05) is 0 Å². The van der Waals surface area contributed by atoms with Crippen molar-refractivity contribution in [2.75, 3.05) is 17.6 Å². The number of amides is 1. The molecule has 102 valence electrons. The van der Waals surface area contributed by atoms with Crippen molar-refractivity contribution in [3.63, 3.8) is 0 Å². The first-order chi connectivity index (χ1) is 9.16. The van der Waals surface area contributed by atoms with Crippen LogP contribution in [0.4, 0.5) is 11.8 Å². The normalized spacial score (nSPS) is 10.7. The largest absolute Gasteiger partial charge is 0.370 e. The summed E-state index contributed by atoms with van der Waals surface area (Å²) in [7, 11) is 0. The molecule has 2 aromatic rings. The zero-order valence-corrected chi connectivity index (χ0v) is 10.5. The van der Waals surface area contributed by atoms with Gasteiger partial charge in [0.05, 0.1) is 6.33 Å². The summed E-state index contributed by atoms with van der Waals surface area (Å²) in [6.07, 6.45) is 4.65. The topological polar surface area (TPSA) is 136 Å². The molecule has 0 spiro atoms. The van der Waals surface area contributed by atoms with E-state index in [1.165, 1.54) is 0 Å². The minimum absolute atomic E-state index is 0.191. The van der Waals surface area contributed by atoms with Crippen LogP contribution >= 0.6 is 0 Å². The lowest BCUT2D eigenvalue weighted by Gasteiger charge is -2.06. The third-order valence-corrected chi connectivity index (χ3v) is 2.70. The zero-order chi connectivity index (χ0) is 13.7. The monoisotopic (exact) mass is 263 g/mol. The Balaban J connectivity index is 1.84. The van der Waals surface area contributed by atoms with Gasteiger partial charge in [0.1, 0.15) is 5.52 Å². The van der Waals surface area contributed by atoms with E-state index in [0.29, 0.717) is 17.9 Å². The number of aromatic nitrogens is 4. The number of aromatic amines is 1. The molecular formula is C11H17N7O. The van der Waals surface area contributed by atoms with E-state index in [9.17, 15) is 4.79 Å². The third kappa shape index (κ3) is 3.54. The number of hydrogen-bond acceptors (Lipinski definition) is 6. The number of carbonyl (C=O) groups is 1. The van der Waals surface area contributed by atoms with Gasteiger partial charge in [-0.3, -0.25) is 4.79 Å². The van der Waals surface area contributed by atoms with Crippen LogP contribution in [0.3, 0.4) is 0 Å². The first-order valence-electron chi connectivity index (χ1n) is 6.15. The van der Waals surface area contributed by atoms with Crippen LogP contribution in [0.1, 0.15) is 25.7 Å². The Morgan fingerprint density at radius 3 is 2.95 bits per heavy atom. The van der Waals surface area contributed by atoms with Crippen molar-refractivity contribution >= 4 is 28.8 Å². The standard InChI is InChI=1S/C11H17N7O/c12-7(19)4-2-1-3-5-14-9-8-10(16-6-15-8)18-11(13)17-9/h6H,1-5H2,(H2,12,19)(H4,13,14,15,16,17,18). The van der Waals surface area contributed by atoms with Gasteiger partial charge in [-0.25, -0.2) is 4.98 Å². The molecule has 0 aliphatic rings. The van der Waals surface area contributed by atoms with Crippen molar-refractivity contribution in [2.24, 2.45) is 5.73 Å². The Bertz CT molecular complexity index is 565. The maximum Gasteiger partial charge on any atom is 0.224 e. The van der Waals surface area contributed by atoms with E-state index in [-0.39, 0.29) is 11.9 Å². The summed E-state index contributed by atoms with van der Waals surface area (Å²) in [4.78, 5) is 25.7. The Labute approximate surface area is 110 Å². The minimum Gasteiger partial charge on any atom is -0.370 e. The lowest BCUT2D eigenvalue weighted by atomic mass is 10.2. The molecular weight excluding hydrogens is 246 g/mol. The number of nitrogens with zero attached hydrogens (tertiary/aromatic N) is 3. The lowest BCUT2D eigenvalue weighted by Crippen LogP contribution is -2.10. The van der Waals surface area contributed by atoms with E-state index < -0.39 is 0 Å². The highest BCUT2D eigenvalue weighted by Crippen LogP contribution is 2.17. The molecule has 1 amide bonds. The lowest BCUT2D eigenvalue weighted by molar-refractivity contribution is -0.118. The number of anilines is 2. The number of imidazole rings is 1. The van der Waals surface area contributed by atoms with Gasteiger partial charge >= 0.3 is 0 Å². The first-order valence-corrected chi connectivity index (χ1v) is 6.15. The van der Waals surface area contributed by atoms with Crippen molar-refractivity contribution in [1.82, 2.24) is 19.9 Å². The molecule has 8 heteroatoms. The summed E-state index contributed by atoms with van der Waals surface area (Å²) in [5.41, 5.74) is 12.0. The fraction of sp³-hybridized carbons (Fsp3) is 0.455. The van der Waals surface area contributed by atoms with Gasteiger partial charge in [-0.1, -0.05) is 6.42 Å². The number of rotatable bonds is 7. The van der Waals surface area contributed by atoms with Gasteiger partial charge in [-0.2, -0.15) is 9.97 Å². The molecule has 2 aromatic heterocycles. The van der Waals surface area contributed by atoms with Crippen molar-refractivity contribution in [3.05, 3.63) is 6.33 Å². The van der Waals surface area contributed by atoms with Gasteiger partial charge in [0, 0.05) is 13.0 Å². The fourth-order valence-corrected chi connectivity index (χ4v) is 1.79. The van der Waals surface area contributed by atoms with Crippen molar-refractivity contribution in [1.29, 1.82) is 0 Å². The Hall–Kier alpha value is -2.38. The van der Waals surface area contributed by atoms with Gasteiger partial charge in [0.2, 0.25) is 11.9 Å². The van der Waals surface area contributed by atoms with E-state index in [2.05, 4.69) is 25.3 Å². The number of primary amides is 1. The minimum atomic E-state index is -0.254. The van der Waals surface area contributed by atoms with E-state index >= 15 is 0 Å². The second-order valence-corrected chi connectivity index (χ2v) is 4.24. The van der Waals surface area contributed by atoms with Crippen LogP contribution in [0, 0.1) is 0 Å². The molecule has 19 heavy (non-hydrogen) atoms. The van der Waals surface area contributed by atoms with Crippen molar-refractivity contribution in [3.8, 4) is 0 Å². The molecule has 2 heterocycles. The van der Waals surface area contributed by atoms with Crippen LogP contribution in [0.2, 0.25) is 0 Å². The summed E-state index contributed by atoms with van der Waals surface area (Å²) in [5, 5.41) is 3.18. The van der Waals surface area contributed by atoms with Crippen LogP contribution in [0.15, 0.2) is 6.33 Å². The molecule has 0 fully saturated rings. The number of nitrogens with two attached hydrogens (primary N) is 2. The van der Waals surface area contributed by atoms with Crippen molar-refractivity contribution < 1.29 is 4.79 Å². The van der Waals surface area contributed by atoms with Gasteiger partial charge < -0.3 is 21.8 Å². The molecule has 0 aliphatic heterocycles. The Kier molecular flexibility index (Phi) is 4.11. The van der Waals surface area contributed by atoms with E-state index in [0.717, 1.165) is 31.3 Å². The number of nitrogen functional groups attached to an aromatic ring is 1. The number of H-pyrrole nitrogens is 1. The Morgan fingerprint density at radius 2 is 2.16 bits per heavy atom. The maximum atomic E-state index is 10.6. The fourth-order valence-electron chi connectivity index (χ4n) is 1.79. The molecule has 0 aliphatic carbocycles. The van der Waals surface area contributed by atoms with Crippen LogP contribution in [-0.4, -0.2) is 32.4 Å². The second kappa shape index (κ2) is 5.98. The average Bonchev–Trinajstić information content (AvgIpc) is 2.80. The summed E-state index contributed by atoms with van der Waals surface area (Å²) in [6, 6.07) is 0. The first kappa shape index (κ1) is 13.1. The highest BCUT2D eigenvalue weighted by molar-refractivity contribution is 5.83. The number of carbonyl (C=O) groups excluding carboxylic acids is 1. The van der Waals surface area contributed by atoms with Gasteiger partial charge in [-0.05, 0) is 12.8 Å². The van der Waals surface area contributed by atoms with Gasteiger partial charge in [0.15, 0.2) is 11.5 Å². The van der Waals surface area contributed by atoms with E-state index in [1.54, 1.807) is 6.33 Å². The van der Waals surface area contributed by atoms with Crippen LogP contribution in [0.5, 0.6) is 0 Å². The van der Waals surface area contributed by atoms with Crippen LogP contribution in [-0.2, 0) is 4.79 Å². The molecule has 0 radical (unpaired) electrons. The number of unbranched alkanes of at least 4 members (excludes halogenated alkanes) is 2.